The quantitative estimate of drug-likeness (QED) is 0.0192. The van der Waals surface area contributed by atoms with Gasteiger partial charge >= 0.3 is 19.8 Å². The lowest BCUT2D eigenvalue weighted by molar-refractivity contribution is -0.220. The molecule has 0 amide bonds. The lowest BCUT2D eigenvalue weighted by Crippen LogP contribution is -2.64. The molecule has 0 aromatic heterocycles. The third-order valence-electron chi connectivity index (χ3n) is 9.36. The van der Waals surface area contributed by atoms with Crippen LogP contribution in [0.4, 0.5) is 0 Å². The number of allylic oxidation sites excluding steroid dienone is 2. The van der Waals surface area contributed by atoms with Gasteiger partial charge in [-0.3, -0.25) is 18.6 Å². The average molecular weight is 767 g/mol. The third kappa shape index (κ3) is 22.7. The minimum atomic E-state index is -5.10. The minimum absolute atomic E-state index is 0.0900. The number of aliphatic hydroxyl groups is 5. The molecule has 0 aromatic carbocycles. The number of carbonyl (C=O) groups is 2. The summed E-state index contributed by atoms with van der Waals surface area (Å²) in [6.45, 7) is 3.21. The molecule has 0 spiro atoms. The number of rotatable bonds is 32. The van der Waals surface area contributed by atoms with Crippen LogP contribution >= 0.6 is 7.82 Å². The molecule has 0 bridgehead atoms. The second-order valence-corrected chi connectivity index (χ2v) is 15.5. The predicted molar refractivity (Wildman–Crippen MR) is 198 cm³/mol. The molecule has 52 heavy (non-hydrogen) atoms. The van der Waals surface area contributed by atoms with Crippen molar-refractivity contribution in [2.75, 3.05) is 13.2 Å². The van der Waals surface area contributed by atoms with Crippen molar-refractivity contribution < 1.29 is 63.1 Å². The SMILES string of the molecule is CCCCCCCCC/C=C\CCCCCCCC(=O)OC(COC(=O)CCCCCCCCC)COP(=O)(O)OC1C(O)C(O)C(O)C(O)C1O. The molecule has 0 radical (unpaired) electrons. The van der Waals surface area contributed by atoms with Gasteiger partial charge in [0.15, 0.2) is 6.10 Å². The third-order valence-corrected chi connectivity index (χ3v) is 10.3. The molecule has 6 N–H and O–H groups in total. The number of hydrogen-bond donors (Lipinski definition) is 6. The van der Waals surface area contributed by atoms with E-state index in [1.807, 2.05) is 0 Å². The highest BCUT2D eigenvalue weighted by atomic mass is 31.2. The van der Waals surface area contributed by atoms with Crippen molar-refractivity contribution in [1.82, 2.24) is 0 Å². The van der Waals surface area contributed by atoms with Crippen LogP contribution in [0.25, 0.3) is 0 Å². The first-order valence-electron chi connectivity index (χ1n) is 20.0. The first-order chi connectivity index (χ1) is 24.9. The smallest absolute Gasteiger partial charge is 0.462 e. The Kier molecular flexibility index (Phi) is 27.9. The standard InChI is InChI=1S/C38H71O13P/c1-3-5-7-9-11-12-13-14-15-16-17-18-19-21-23-25-27-32(40)50-30(28-48-31(39)26-24-22-20-10-8-6-4-2)29-49-52(46,47)51-38-36(44)34(42)33(41)35(43)37(38)45/h15-16,30,33-38,41-45H,3-14,17-29H2,1-2H3,(H,46,47)/b16-15-. The van der Waals surface area contributed by atoms with E-state index in [2.05, 4.69) is 26.0 Å². The van der Waals surface area contributed by atoms with Crippen molar-refractivity contribution >= 4 is 19.8 Å². The monoisotopic (exact) mass is 766 g/mol. The largest absolute Gasteiger partial charge is 0.472 e. The van der Waals surface area contributed by atoms with Gasteiger partial charge in [-0.15, -0.1) is 0 Å². The topological polar surface area (TPSA) is 210 Å². The average Bonchev–Trinajstić information content (AvgIpc) is 3.12. The Morgan fingerprint density at radius 1 is 0.577 bits per heavy atom. The van der Waals surface area contributed by atoms with Crippen LogP contribution in [0, 0.1) is 0 Å². The summed E-state index contributed by atoms with van der Waals surface area (Å²) >= 11 is 0. The van der Waals surface area contributed by atoms with Crippen LogP contribution in [-0.4, -0.2) is 98.3 Å². The Bertz CT molecular complexity index is 980. The number of carbonyl (C=O) groups excluding carboxylic acids is 2. The minimum Gasteiger partial charge on any atom is -0.462 e. The van der Waals surface area contributed by atoms with Crippen LogP contribution in [0.2, 0.25) is 0 Å². The van der Waals surface area contributed by atoms with Gasteiger partial charge in [0.25, 0.3) is 0 Å². The summed E-state index contributed by atoms with van der Waals surface area (Å²) in [4.78, 5) is 35.3. The summed E-state index contributed by atoms with van der Waals surface area (Å²) in [5.41, 5.74) is 0. The molecule has 6 unspecified atom stereocenters. The van der Waals surface area contributed by atoms with Crippen molar-refractivity contribution in [3.8, 4) is 0 Å². The summed E-state index contributed by atoms with van der Waals surface area (Å²) in [5.74, 6) is -1.11. The van der Waals surface area contributed by atoms with Crippen molar-refractivity contribution in [3.05, 3.63) is 12.2 Å². The molecule has 0 saturated heterocycles. The maximum atomic E-state index is 12.7. The van der Waals surface area contributed by atoms with Gasteiger partial charge in [-0.2, -0.15) is 0 Å². The van der Waals surface area contributed by atoms with Gasteiger partial charge in [0.1, 0.15) is 43.2 Å². The van der Waals surface area contributed by atoms with E-state index in [9.17, 15) is 44.6 Å². The van der Waals surface area contributed by atoms with Crippen molar-refractivity contribution in [2.45, 2.75) is 204 Å². The van der Waals surface area contributed by atoms with Gasteiger partial charge in [-0.05, 0) is 38.5 Å². The molecule has 1 saturated carbocycles. The lowest BCUT2D eigenvalue weighted by Gasteiger charge is -2.41. The number of hydrogen-bond acceptors (Lipinski definition) is 12. The molecule has 0 aromatic rings. The van der Waals surface area contributed by atoms with Gasteiger partial charge in [0, 0.05) is 12.8 Å². The van der Waals surface area contributed by atoms with Gasteiger partial charge in [-0.1, -0.05) is 122 Å². The molecule has 13 nitrogen and oxygen atoms in total. The molecule has 6 atom stereocenters. The zero-order valence-electron chi connectivity index (χ0n) is 31.9. The highest BCUT2D eigenvalue weighted by Gasteiger charge is 2.51. The fourth-order valence-electron chi connectivity index (χ4n) is 6.05. The Balaban J connectivity index is 2.49. The molecule has 1 rings (SSSR count). The molecule has 1 aliphatic carbocycles. The van der Waals surface area contributed by atoms with Gasteiger partial charge in [-0.25, -0.2) is 4.57 Å². The normalized spacial score (nSPS) is 23.8. The summed E-state index contributed by atoms with van der Waals surface area (Å²) in [6.07, 6.45) is 14.6. The van der Waals surface area contributed by atoms with Crippen molar-refractivity contribution in [3.63, 3.8) is 0 Å². The Labute approximate surface area is 312 Å². The summed E-state index contributed by atoms with van der Waals surface area (Å²) in [7, 11) is -5.10. The number of esters is 2. The van der Waals surface area contributed by atoms with Gasteiger partial charge < -0.3 is 39.9 Å². The van der Waals surface area contributed by atoms with Gasteiger partial charge in [0.2, 0.25) is 0 Å². The molecule has 1 aliphatic rings. The van der Waals surface area contributed by atoms with E-state index in [4.69, 9.17) is 18.5 Å². The van der Waals surface area contributed by atoms with Crippen LogP contribution in [0.1, 0.15) is 162 Å². The number of aliphatic hydroxyl groups excluding tert-OH is 5. The molecular formula is C38H71O13P. The zero-order chi connectivity index (χ0) is 38.6. The maximum absolute atomic E-state index is 12.7. The number of unbranched alkanes of at least 4 members (excludes halogenated alkanes) is 18. The molecule has 306 valence electrons. The summed E-state index contributed by atoms with van der Waals surface area (Å²) < 4.78 is 33.2. The Morgan fingerprint density at radius 3 is 1.46 bits per heavy atom. The summed E-state index contributed by atoms with van der Waals surface area (Å²) in [6, 6.07) is 0. The van der Waals surface area contributed by atoms with Crippen molar-refractivity contribution in [1.29, 1.82) is 0 Å². The van der Waals surface area contributed by atoms with E-state index in [1.54, 1.807) is 0 Å². The van der Waals surface area contributed by atoms with Crippen molar-refractivity contribution in [2.24, 2.45) is 0 Å². The first-order valence-corrected chi connectivity index (χ1v) is 21.5. The van der Waals surface area contributed by atoms with E-state index in [1.165, 1.54) is 51.4 Å². The van der Waals surface area contributed by atoms with E-state index in [0.717, 1.165) is 70.6 Å². The van der Waals surface area contributed by atoms with Crippen LogP contribution in [0.3, 0.4) is 0 Å². The van der Waals surface area contributed by atoms with Crippen LogP contribution < -0.4 is 0 Å². The second kappa shape index (κ2) is 29.9. The Hall–Kier alpha value is -1.41. The Morgan fingerprint density at radius 2 is 0.981 bits per heavy atom. The fraction of sp³-hybridized carbons (Fsp3) is 0.895. The molecule has 14 heteroatoms. The number of phosphoric acid groups is 1. The highest BCUT2D eigenvalue weighted by Crippen LogP contribution is 2.47. The van der Waals surface area contributed by atoms with E-state index < -0.39 is 75.7 Å². The number of phosphoric ester groups is 1. The molecule has 0 heterocycles. The zero-order valence-corrected chi connectivity index (χ0v) is 32.8. The van der Waals surface area contributed by atoms with E-state index in [-0.39, 0.29) is 12.8 Å². The lowest BCUT2D eigenvalue weighted by atomic mass is 9.85. The first kappa shape index (κ1) is 48.6. The van der Waals surface area contributed by atoms with E-state index in [0.29, 0.717) is 12.8 Å². The highest BCUT2D eigenvalue weighted by molar-refractivity contribution is 7.47. The fourth-order valence-corrected chi connectivity index (χ4v) is 7.02. The van der Waals surface area contributed by atoms with Gasteiger partial charge in [0.05, 0.1) is 6.61 Å². The van der Waals surface area contributed by atoms with Crippen LogP contribution in [0.15, 0.2) is 12.2 Å². The van der Waals surface area contributed by atoms with E-state index >= 15 is 0 Å². The molecular weight excluding hydrogens is 695 g/mol. The number of ether oxygens (including phenoxy) is 2. The van der Waals surface area contributed by atoms with Crippen LogP contribution in [0.5, 0.6) is 0 Å². The summed E-state index contributed by atoms with van der Waals surface area (Å²) in [5, 5.41) is 49.9. The van der Waals surface area contributed by atoms with Crippen LogP contribution in [-0.2, 0) is 32.7 Å². The predicted octanol–water partition coefficient (Wildman–Crippen LogP) is 6.33. The molecule has 1 fully saturated rings. The second-order valence-electron chi connectivity index (χ2n) is 14.1. The molecule has 0 aliphatic heterocycles. The maximum Gasteiger partial charge on any atom is 0.472 e.